The Morgan fingerprint density at radius 1 is 0.302 bits per heavy atom. The van der Waals surface area contributed by atoms with Crippen LogP contribution in [-0.2, 0) is 4.79 Å². The largest absolute Gasteiger partial charge is 1.00 e. The number of hydrogen-bond donors (Lipinski definition) is 0. The van der Waals surface area contributed by atoms with Gasteiger partial charge in [-0.25, -0.2) is 0 Å². The van der Waals surface area contributed by atoms with Crippen molar-refractivity contribution in [3.8, 4) is 0 Å². The minimum absolute atomic E-state index is 0. The molecule has 0 unspecified atom stereocenters. The molecular formula is C49H98NNaO2. The van der Waals surface area contributed by atoms with Crippen LogP contribution >= 0.6 is 0 Å². The van der Waals surface area contributed by atoms with Gasteiger partial charge in [-0.2, -0.15) is 0 Å². The summed E-state index contributed by atoms with van der Waals surface area (Å²) in [6.45, 7) is 8.06. The van der Waals surface area contributed by atoms with Crippen LogP contribution in [0.2, 0.25) is 0 Å². The SMILES string of the molecule is CCCCCCCCCCCCCCCCCCCCCCN(CCCCCCCCCCCCCCCCCCCCCC)CCCCC(=O)[O-].[Na+]. The first-order chi connectivity index (χ1) is 25.7. The van der Waals surface area contributed by atoms with Crippen LogP contribution in [0.25, 0.3) is 0 Å². The van der Waals surface area contributed by atoms with Crippen molar-refractivity contribution < 1.29 is 39.5 Å². The summed E-state index contributed by atoms with van der Waals surface area (Å²) in [4.78, 5) is 13.5. The van der Waals surface area contributed by atoms with Gasteiger partial charge in [0.2, 0.25) is 0 Å². The van der Waals surface area contributed by atoms with E-state index < -0.39 is 5.97 Å². The number of carboxylic acid groups (broad SMARTS) is 1. The Hall–Kier alpha value is 0.430. The molecule has 0 aromatic rings. The van der Waals surface area contributed by atoms with Crippen molar-refractivity contribution in [3.63, 3.8) is 0 Å². The molecule has 0 aromatic heterocycles. The van der Waals surface area contributed by atoms with E-state index in [-0.39, 0.29) is 36.0 Å². The third-order valence-corrected chi connectivity index (χ3v) is 11.8. The van der Waals surface area contributed by atoms with Gasteiger partial charge in [-0.15, -0.1) is 0 Å². The van der Waals surface area contributed by atoms with E-state index in [1.54, 1.807) is 0 Å². The maximum atomic E-state index is 10.9. The van der Waals surface area contributed by atoms with Crippen LogP contribution < -0.4 is 34.7 Å². The molecular weight excluding hydrogens is 658 g/mol. The average Bonchev–Trinajstić information content (AvgIpc) is 3.14. The van der Waals surface area contributed by atoms with Crippen molar-refractivity contribution >= 4 is 5.97 Å². The molecule has 4 heteroatoms. The summed E-state index contributed by atoms with van der Waals surface area (Å²) in [5.41, 5.74) is 0. The second-order valence-corrected chi connectivity index (χ2v) is 17.1. The number of carbonyl (C=O) groups is 1. The summed E-state index contributed by atoms with van der Waals surface area (Å²) in [6, 6.07) is 0. The molecule has 0 radical (unpaired) electrons. The van der Waals surface area contributed by atoms with Gasteiger partial charge in [0.15, 0.2) is 0 Å². The number of unbranched alkanes of at least 4 members (excludes halogenated alkanes) is 39. The van der Waals surface area contributed by atoms with Gasteiger partial charge >= 0.3 is 29.6 Å². The van der Waals surface area contributed by atoms with Crippen molar-refractivity contribution in [1.82, 2.24) is 4.90 Å². The van der Waals surface area contributed by atoms with Crippen molar-refractivity contribution in [3.05, 3.63) is 0 Å². The molecule has 312 valence electrons. The summed E-state index contributed by atoms with van der Waals surface area (Å²) >= 11 is 0. The van der Waals surface area contributed by atoms with Gasteiger partial charge < -0.3 is 14.8 Å². The van der Waals surface area contributed by atoms with Gasteiger partial charge in [-0.05, 0) is 51.7 Å². The smallest absolute Gasteiger partial charge is 0.550 e. The van der Waals surface area contributed by atoms with Gasteiger partial charge in [0, 0.05) is 5.97 Å². The van der Waals surface area contributed by atoms with E-state index in [9.17, 15) is 9.90 Å². The first-order valence-electron chi connectivity index (χ1n) is 24.6. The van der Waals surface area contributed by atoms with E-state index in [2.05, 4.69) is 18.7 Å². The molecule has 0 saturated heterocycles. The molecule has 0 amide bonds. The monoisotopic (exact) mass is 756 g/mol. The fourth-order valence-electron chi connectivity index (χ4n) is 8.12. The topological polar surface area (TPSA) is 43.4 Å². The van der Waals surface area contributed by atoms with Crippen molar-refractivity contribution in [2.75, 3.05) is 19.6 Å². The number of nitrogens with zero attached hydrogens (tertiary/aromatic N) is 1. The minimum Gasteiger partial charge on any atom is -0.550 e. The second-order valence-electron chi connectivity index (χ2n) is 17.1. The molecule has 0 heterocycles. The van der Waals surface area contributed by atoms with E-state index in [1.807, 2.05) is 0 Å². The van der Waals surface area contributed by atoms with E-state index >= 15 is 0 Å². The Morgan fingerprint density at radius 3 is 0.660 bits per heavy atom. The average molecular weight is 756 g/mol. The minimum atomic E-state index is -0.894. The summed E-state index contributed by atoms with van der Waals surface area (Å²) < 4.78 is 0. The van der Waals surface area contributed by atoms with E-state index in [1.165, 1.54) is 270 Å². The summed E-state index contributed by atoms with van der Waals surface area (Å²) in [7, 11) is 0. The number of carboxylic acids is 1. The standard InChI is InChI=1S/C49H99NO2.Na/c1-3-5-7-9-11-13-15-17-19-21-23-25-27-29-31-33-35-37-39-42-46-50(48-44-41-45-49(51)52)47-43-40-38-36-34-32-30-28-26-24-22-20-18-16-14-12-10-8-6-4-2;/h3-48H2,1-2H3,(H,51,52);/q;+1/p-1. The van der Waals surface area contributed by atoms with Crippen molar-refractivity contribution in [1.29, 1.82) is 0 Å². The van der Waals surface area contributed by atoms with Gasteiger partial charge in [-0.1, -0.05) is 258 Å². The Morgan fingerprint density at radius 2 is 0.472 bits per heavy atom. The predicted octanol–water partition coefficient (Wildman–Crippen LogP) is 12.9. The Labute approximate surface area is 357 Å². The predicted molar refractivity (Wildman–Crippen MR) is 231 cm³/mol. The fourth-order valence-corrected chi connectivity index (χ4v) is 8.12. The van der Waals surface area contributed by atoms with Crippen LogP contribution in [-0.4, -0.2) is 30.5 Å². The van der Waals surface area contributed by atoms with E-state index in [4.69, 9.17) is 0 Å². The Bertz CT molecular complexity index is 614. The zero-order chi connectivity index (χ0) is 37.7. The van der Waals surface area contributed by atoms with Gasteiger partial charge in [-0.3, -0.25) is 0 Å². The van der Waals surface area contributed by atoms with Gasteiger partial charge in [0.25, 0.3) is 0 Å². The van der Waals surface area contributed by atoms with E-state index in [0.717, 1.165) is 19.4 Å². The molecule has 0 fully saturated rings. The van der Waals surface area contributed by atoms with Crippen LogP contribution in [0.5, 0.6) is 0 Å². The fraction of sp³-hybridized carbons (Fsp3) is 0.980. The molecule has 0 bridgehead atoms. The van der Waals surface area contributed by atoms with Gasteiger partial charge in [0.1, 0.15) is 0 Å². The van der Waals surface area contributed by atoms with E-state index in [0.29, 0.717) is 0 Å². The molecule has 0 aliphatic carbocycles. The number of rotatable bonds is 47. The Balaban J connectivity index is 0. The summed E-state index contributed by atoms with van der Waals surface area (Å²) in [5, 5.41) is 10.9. The Kier molecular flexibility index (Phi) is 52.9. The molecule has 0 atom stereocenters. The zero-order valence-corrected chi connectivity index (χ0v) is 39.3. The molecule has 0 saturated carbocycles. The first-order valence-corrected chi connectivity index (χ1v) is 24.6. The molecule has 0 N–H and O–H groups in total. The molecule has 0 spiro atoms. The van der Waals surface area contributed by atoms with Gasteiger partial charge in [0.05, 0.1) is 0 Å². The second kappa shape index (κ2) is 50.4. The molecule has 0 aliphatic rings. The number of aliphatic carboxylic acids is 1. The first kappa shape index (κ1) is 55.5. The third-order valence-electron chi connectivity index (χ3n) is 11.8. The van der Waals surface area contributed by atoms with Crippen LogP contribution in [0.4, 0.5) is 0 Å². The summed E-state index contributed by atoms with van der Waals surface area (Å²) in [6.07, 6.45) is 59.2. The zero-order valence-electron chi connectivity index (χ0n) is 37.3. The van der Waals surface area contributed by atoms with Crippen LogP contribution in [0, 0.1) is 0 Å². The number of hydrogen-bond acceptors (Lipinski definition) is 3. The maximum Gasteiger partial charge on any atom is 1.00 e. The number of carbonyl (C=O) groups excluding carboxylic acids is 1. The molecule has 53 heavy (non-hydrogen) atoms. The van der Waals surface area contributed by atoms with Crippen molar-refractivity contribution in [2.24, 2.45) is 0 Å². The molecule has 0 aromatic carbocycles. The molecule has 3 nitrogen and oxygen atoms in total. The quantitative estimate of drug-likeness (QED) is 0.0459. The molecule has 0 aliphatic heterocycles. The summed E-state index contributed by atoms with van der Waals surface area (Å²) in [5.74, 6) is -0.894. The maximum absolute atomic E-state index is 10.9. The van der Waals surface area contributed by atoms with Crippen LogP contribution in [0.15, 0.2) is 0 Å². The van der Waals surface area contributed by atoms with Crippen LogP contribution in [0.3, 0.4) is 0 Å². The normalized spacial score (nSPS) is 11.5. The third kappa shape index (κ3) is 50.4. The molecule has 0 rings (SSSR count). The van der Waals surface area contributed by atoms with Crippen LogP contribution in [0.1, 0.15) is 290 Å². The van der Waals surface area contributed by atoms with Crippen molar-refractivity contribution in [2.45, 2.75) is 290 Å².